The van der Waals surface area contributed by atoms with Crippen molar-refractivity contribution in [3.63, 3.8) is 0 Å². The number of aromatic nitrogens is 1. The van der Waals surface area contributed by atoms with Gasteiger partial charge in [-0.05, 0) is 36.4 Å². The summed E-state index contributed by atoms with van der Waals surface area (Å²) in [4.78, 5) is 4.27. The molecule has 0 bridgehead atoms. The summed E-state index contributed by atoms with van der Waals surface area (Å²) in [7, 11) is 2.05. The molecule has 2 nitrogen and oxygen atoms in total. The number of pyridine rings is 1. The number of hydrogen-bond donors (Lipinski definition) is 1. The highest BCUT2D eigenvalue weighted by molar-refractivity contribution is 5.85. The number of rotatable bonds is 5. The van der Waals surface area contributed by atoms with Crippen LogP contribution >= 0.6 is 0 Å². The zero-order valence-electron chi connectivity index (χ0n) is 11.5. The molecule has 0 aliphatic carbocycles. The van der Waals surface area contributed by atoms with E-state index < -0.39 is 0 Å². The topological polar surface area (TPSA) is 24.9 Å². The summed E-state index contributed by atoms with van der Waals surface area (Å²) < 4.78 is 0. The van der Waals surface area contributed by atoms with Crippen molar-refractivity contribution in [2.75, 3.05) is 7.05 Å². The summed E-state index contributed by atoms with van der Waals surface area (Å²) in [5.41, 5.74) is 1.36. The van der Waals surface area contributed by atoms with Gasteiger partial charge in [-0.15, -0.1) is 0 Å². The lowest BCUT2D eigenvalue weighted by atomic mass is 9.89. The molecule has 0 spiro atoms. The normalized spacial score (nSPS) is 14.6. The minimum atomic E-state index is 0.401. The Morgan fingerprint density at radius 1 is 1.28 bits per heavy atom. The second-order valence-corrected chi connectivity index (χ2v) is 4.98. The summed E-state index contributed by atoms with van der Waals surface area (Å²) in [6.07, 6.45) is 6.30. The molecule has 18 heavy (non-hydrogen) atoms. The fraction of sp³-hybridized carbons (Fsp3) is 0.438. The van der Waals surface area contributed by atoms with Crippen LogP contribution < -0.4 is 5.32 Å². The summed E-state index contributed by atoms with van der Waals surface area (Å²) in [5, 5.41) is 6.00. The molecule has 1 N–H and O–H groups in total. The molecule has 96 valence electrons. The quantitative estimate of drug-likeness (QED) is 0.859. The van der Waals surface area contributed by atoms with E-state index >= 15 is 0 Å². The molecule has 2 rings (SSSR count). The average Bonchev–Trinajstić information content (AvgIpc) is 2.40. The van der Waals surface area contributed by atoms with Gasteiger partial charge in [-0.2, -0.15) is 0 Å². The highest BCUT2D eigenvalue weighted by Crippen LogP contribution is 2.30. The van der Waals surface area contributed by atoms with Crippen LogP contribution in [0.5, 0.6) is 0 Å². The van der Waals surface area contributed by atoms with Crippen LogP contribution in [-0.2, 0) is 0 Å². The Kier molecular flexibility index (Phi) is 4.32. The molecule has 2 heteroatoms. The molecule has 0 radical (unpaired) electrons. The van der Waals surface area contributed by atoms with Crippen molar-refractivity contribution in [3.05, 3.63) is 42.2 Å². The first kappa shape index (κ1) is 13.0. The first-order chi connectivity index (χ1) is 8.77. The van der Waals surface area contributed by atoms with Gasteiger partial charge in [-0.25, -0.2) is 0 Å². The third kappa shape index (κ3) is 2.54. The van der Waals surface area contributed by atoms with Crippen LogP contribution in [0.4, 0.5) is 0 Å². The van der Waals surface area contributed by atoms with Gasteiger partial charge in [-0.3, -0.25) is 4.98 Å². The molecule has 0 aliphatic heterocycles. The average molecular weight is 242 g/mol. The summed E-state index contributed by atoms with van der Waals surface area (Å²) in [6.45, 7) is 4.56. The van der Waals surface area contributed by atoms with E-state index in [4.69, 9.17) is 0 Å². The van der Waals surface area contributed by atoms with E-state index in [9.17, 15) is 0 Å². The Balaban J connectivity index is 2.44. The fourth-order valence-corrected chi connectivity index (χ4v) is 2.78. The molecule has 1 aromatic carbocycles. The maximum absolute atomic E-state index is 4.27. The molecule has 0 saturated carbocycles. The Morgan fingerprint density at radius 3 is 2.83 bits per heavy atom. The van der Waals surface area contributed by atoms with Crippen LogP contribution in [0.3, 0.4) is 0 Å². The van der Waals surface area contributed by atoms with Gasteiger partial charge in [0.15, 0.2) is 0 Å². The van der Waals surface area contributed by atoms with E-state index in [1.165, 1.54) is 29.2 Å². The highest BCUT2D eigenvalue weighted by Gasteiger charge is 2.18. The van der Waals surface area contributed by atoms with E-state index in [0.29, 0.717) is 12.0 Å². The van der Waals surface area contributed by atoms with Crippen molar-refractivity contribution in [2.45, 2.75) is 32.7 Å². The predicted molar refractivity (Wildman–Crippen MR) is 77.6 cm³/mol. The maximum atomic E-state index is 4.27. The van der Waals surface area contributed by atoms with E-state index in [-0.39, 0.29) is 0 Å². The van der Waals surface area contributed by atoms with Crippen molar-refractivity contribution in [2.24, 2.45) is 5.92 Å². The Hall–Kier alpha value is -1.41. The molecule has 2 unspecified atom stereocenters. The van der Waals surface area contributed by atoms with Crippen LogP contribution in [0, 0.1) is 5.92 Å². The number of nitrogens with zero attached hydrogens (tertiary/aromatic N) is 1. The van der Waals surface area contributed by atoms with Crippen molar-refractivity contribution >= 4 is 10.8 Å². The fourth-order valence-electron chi connectivity index (χ4n) is 2.78. The second-order valence-electron chi connectivity index (χ2n) is 4.98. The van der Waals surface area contributed by atoms with Crippen LogP contribution in [0.1, 0.15) is 38.3 Å². The summed E-state index contributed by atoms with van der Waals surface area (Å²) in [5.74, 6) is 0.630. The number of fused-ring (bicyclic) bond motifs is 1. The van der Waals surface area contributed by atoms with Crippen molar-refractivity contribution in [1.29, 1.82) is 0 Å². The van der Waals surface area contributed by atoms with Gasteiger partial charge in [0.1, 0.15) is 0 Å². The predicted octanol–water partition coefficient (Wildman–Crippen LogP) is 3.93. The lowest BCUT2D eigenvalue weighted by Gasteiger charge is -2.25. The minimum Gasteiger partial charge on any atom is -0.313 e. The number of hydrogen-bond acceptors (Lipinski definition) is 2. The summed E-state index contributed by atoms with van der Waals surface area (Å²) in [6, 6.07) is 8.99. The van der Waals surface area contributed by atoms with Crippen LogP contribution in [-0.4, -0.2) is 12.0 Å². The maximum Gasteiger partial charge on any atom is 0.0350 e. The van der Waals surface area contributed by atoms with Crippen LogP contribution in [0.2, 0.25) is 0 Å². The largest absolute Gasteiger partial charge is 0.313 e. The SMILES string of the molecule is CCCC(C)C(NC)c1cccc2ccncc12. The Labute approximate surface area is 109 Å². The van der Waals surface area contributed by atoms with E-state index in [0.717, 1.165) is 0 Å². The Morgan fingerprint density at radius 2 is 2.11 bits per heavy atom. The molecule has 0 fully saturated rings. The van der Waals surface area contributed by atoms with Crippen molar-refractivity contribution in [3.8, 4) is 0 Å². The zero-order valence-corrected chi connectivity index (χ0v) is 11.5. The molecule has 2 atom stereocenters. The number of nitrogens with one attached hydrogen (secondary N) is 1. The smallest absolute Gasteiger partial charge is 0.0350 e. The first-order valence-electron chi connectivity index (χ1n) is 6.77. The summed E-state index contributed by atoms with van der Waals surface area (Å²) >= 11 is 0. The van der Waals surface area contributed by atoms with Gasteiger partial charge in [0.2, 0.25) is 0 Å². The van der Waals surface area contributed by atoms with Gasteiger partial charge < -0.3 is 5.32 Å². The monoisotopic (exact) mass is 242 g/mol. The third-order valence-corrected chi connectivity index (χ3v) is 3.68. The van der Waals surface area contributed by atoms with Gasteiger partial charge >= 0.3 is 0 Å². The van der Waals surface area contributed by atoms with Crippen molar-refractivity contribution in [1.82, 2.24) is 10.3 Å². The van der Waals surface area contributed by atoms with Gasteiger partial charge in [0.05, 0.1) is 0 Å². The standard InChI is InChI=1S/C16H22N2/c1-4-6-12(2)16(17-3)14-8-5-7-13-9-10-18-11-15(13)14/h5,7-12,16-17H,4,6H2,1-3H3. The number of benzene rings is 1. The second kappa shape index (κ2) is 5.96. The molecule has 0 amide bonds. The van der Waals surface area contributed by atoms with E-state index in [2.05, 4.69) is 48.4 Å². The van der Waals surface area contributed by atoms with Gasteiger partial charge in [0, 0.05) is 23.8 Å². The van der Waals surface area contributed by atoms with E-state index in [1.54, 1.807) is 0 Å². The zero-order chi connectivity index (χ0) is 13.0. The first-order valence-corrected chi connectivity index (χ1v) is 6.77. The van der Waals surface area contributed by atoms with Crippen molar-refractivity contribution < 1.29 is 0 Å². The minimum absolute atomic E-state index is 0.401. The van der Waals surface area contributed by atoms with Gasteiger partial charge in [-0.1, -0.05) is 38.5 Å². The molecule has 2 aromatic rings. The molecule has 0 aliphatic rings. The molecular weight excluding hydrogens is 220 g/mol. The Bertz CT molecular complexity index is 502. The molecule has 1 heterocycles. The lowest BCUT2D eigenvalue weighted by Crippen LogP contribution is -2.23. The molecule has 1 aromatic heterocycles. The lowest BCUT2D eigenvalue weighted by molar-refractivity contribution is 0.386. The van der Waals surface area contributed by atoms with Gasteiger partial charge in [0.25, 0.3) is 0 Å². The third-order valence-electron chi connectivity index (χ3n) is 3.68. The molecular formula is C16H22N2. The molecule has 0 saturated heterocycles. The van der Waals surface area contributed by atoms with Crippen LogP contribution in [0.25, 0.3) is 10.8 Å². The highest BCUT2D eigenvalue weighted by atomic mass is 14.9. The van der Waals surface area contributed by atoms with Crippen LogP contribution in [0.15, 0.2) is 36.7 Å². The van der Waals surface area contributed by atoms with E-state index in [1.807, 2.05) is 19.4 Å².